The van der Waals surface area contributed by atoms with E-state index in [0.29, 0.717) is 13.0 Å². The van der Waals surface area contributed by atoms with Gasteiger partial charge in [-0.05, 0) is 18.4 Å². The van der Waals surface area contributed by atoms with Crippen molar-refractivity contribution in [1.82, 2.24) is 5.32 Å². The van der Waals surface area contributed by atoms with E-state index in [-0.39, 0.29) is 25.0 Å². The molecular formula is C15H21NO4. The number of hydrogen-bond donors (Lipinski definition) is 2. The lowest BCUT2D eigenvalue weighted by Crippen LogP contribution is -2.32. The van der Waals surface area contributed by atoms with Gasteiger partial charge in [0.15, 0.2) is 0 Å². The molecule has 0 aliphatic carbocycles. The predicted molar refractivity (Wildman–Crippen MR) is 75.3 cm³/mol. The monoisotopic (exact) mass is 279 g/mol. The maximum atomic E-state index is 11.8. The van der Waals surface area contributed by atoms with Gasteiger partial charge in [0.2, 0.25) is 5.91 Å². The van der Waals surface area contributed by atoms with Gasteiger partial charge in [0, 0.05) is 13.0 Å². The van der Waals surface area contributed by atoms with Gasteiger partial charge >= 0.3 is 5.97 Å². The number of carbonyl (C=O) groups is 2. The van der Waals surface area contributed by atoms with Crippen molar-refractivity contribution < 1.29 is 19.4 Å². The van der Waals surface area contributed by atoms with Crippen molar-refractivity contribution in [1.29, 1.82) is 0 Å². The number of rotatable bonds is 9. The van der Waals surface area contributed by atoms with Gasteiger partial charge in [0.25, 0.3) is 0 Å². The molecular weight excluding hydrogens is 258 g/mol. The Morgan fingerprint density at radius 1 is 1.30 bits per heavy atom. The van der Waals surface area contributed by atoms with Gasteiger partial charge in [0.05, 0.1) is 6.04 Å². The third kappa shape index (κ3) is 6.33. The van der Waals surface area contributed by atoms with Crippen LogP contribution in [0.3, 0.4) is 0 Å². The summed E-state index contributed by atoms with van der Waals surface area (Å²) in [7, 11) is 0. The number of benzene rings is 1. The third-order valence-corrected chi connectivity index (χ3v) is 2.77. The van der Waals surface area contributed by atoms with Crippen LogP contribution < -0.4 is 5.32 Å². The maximum Gasteiger partial charge on any atom is 0.303 e. The SMILES string of the molecule is CCCOCC(=O)NC(CCC(=O)O)c1ccccc1. The van der Waals surface area contributed by atoms with E-state index in [0.717, 1.165) is 12.0 Å². The Labute approximate surface area is 118 Å². The Morgan fingerprint density at radius 2 is 2.00 bits per heavy atom. The molecule has 0 spiro atoms. The number of aliphatic carboxylic acids is 1. The number of hydrogen-bond acceptors (Lipinski definition) is 3. The highest BCUT2D eigenvalue weighted by atomic mass is 16.5. The summed E-state index contributed by atoms with van der Waals surface area (Å²) in [5, 5.41) is 11.6. The summed E-state index contributed by atoms with van der Waals surface area (Å²) >= 11 is 0. The first-order chi connectivity index (χ1) is 9.63. The molecule has 0 aromatic heterocycles. The molecule has 1 amide bonds. The minimum absolute atomic E-state index is 0.00421. The summed E-state index contributed by atoms with van der Waals surface area (Å²) in [6.07, 6.45) is 1.23. The van der Waals surface area contributed by atoms with Crippen LogP contribution in [-0.4, -0.2) is 30.2 Å². The minimum Gasteiger partial charge on any atom is -0.481 e. The van der Waals surface area contributed by atoms with E-state index < -0.39 is 5.97 Å². The number of carbonyl (C=O) groups excluding carboxylic acids is 1. The van der Waals surface area contributed by atoms with Crippen LogP contribution in [-0.2, 0) is 14.3 Å². The van der Waals surface area contributed by atoms with Gasteiger partial charge in [-0.1, -0.05) is 37.3 Å². The van der Waals surface area contributed by atoms with Crippen molar-refractivity contribution in [2.24, 2.45) is 0 Å². The highest BCUT2D eigenvalue weighted by Crippen LogP contribution is 2.18. The fourth-order valence-corrected chi connectivity index (χ4v) is 1.82. The zero-order valence-electron chi connectivity index (χ0n) is 11.7. The number of nitrogens with one attached hydrogen (secondary N) is 1. The molecule has 0 saturated heterocycles. The second-order valence-corrected chi connectivity index (χ2v) is 4.52. The Bertz CT molecular complexity index is 419. The Balaban J connectivity index is 2.58. The molecule has 1 atom stereocenters. The predicted octanol–water partition coefficient (Wildman–Crippen LogP) is 2.14. The third-order valence-electron chi connectivity index (χ3n) is 2.77. The first-order valence-electron chi connectivity index (χ1n) is 6.77. The summed E-state index contributed by atoms with van der Waals surface area (Å²) in [4.78, 5) is 22.5. The molecule has 2 N–H and O–H groups in total. The molecule has 0 radical (unpaired) electrons. The first kappa shape index (κ1) is 16.2. The number of ether oxygens (including phenoxy) is 1. The highest BCUT2D eigenvalue weighted by Gasteiger charge is 2.15. The minimum atomic E-state index is -0.873. The number of amides is 1. The van der Waals surface area contributed by atoms with Crippen LogP contribution in [0.25, 0.3) is 0 Å². The van der Waals surface area contributed by atoms with E-state index in [1.165, 1.54) is 0 Å². The van der Waals surface area contributed by atoms with E-state index in [9.17, 15) is 9.59 Å². The number of carboxylic acid groups (broad SMARTS) is 1. The van der Waals surface area contributed by atoms with Gasteiger partial charge in [-0.25, -0.2) is 0 Å². The molecule has 20 heavy (non-hydrogen) atoms. The summed E-state index contributed by atoms with van der Waals surface area (Å²) < 4.78 is 5.18. The van der Waals surface area contributed by atoms with Crippen LogP contribution in [0.5, 0.6) is 0 Å². The topological polar surface area (TPSA) is 75.6 Å². The second-order valence-electron chi connectivity index (χ2n) is 4.52. The molecule has 5 heteroatoms. The fraction of sp³-hybridized carbons (Fsp3) is 0.467. The molecule has 0 aliphatic rings. The van der Waals surface area contributed by atoms with Crippen LogP contribution in [0.1, 0.15) is 37.8 Å². The van der Waals surface area contributed by atoms with Crippen molar-refractivity contribution in [3.8, 4) is 0 Å². The van der Waals surface area contributed by atoms with Crippen LogP contribution in [0.4, 0.5) is 0 Å². The van der Waals surface area contributed by atoms with E-state index in [1.54, 1.807) is 0 Å². The Kier molecular flexibility index (Phi) is 7.35. The molecule has 0 aliphatic heterocycles. The van der Waals surface area contributed by atoms with Gasteiger partial charge in [-0.3, -0.25) is 9.59 Å². The molecule has 1 aromatic rings. The largest absolute Gasteiger partial charge is 0.481 e. The van der Waals surface area contributed by atoms with E-state index in [2.05, 4.69) is 5.32 Å². The average molecular weight is 279 g/mol. The Hall–Kier alpha value is -1.88. The molecule has 1 unspecified atom stereocenters. The molecule has 0 saturated carbocycles. The first-order valence-corrected chi connectivity index (χ1v) is 6.77. The summed E-state index contributed by atoms with van der Waals surface area (Å²) in [5.41, 5.74) is 0.901. The van der Waals surface area contributed by atoms with Crippen LogP contribution in [0, 0.1) is 0 Å². The average Bonchev–Trinajstić information content (AvgIpc) is 2.44. The summed E-state index contributed by atoms with van der Waals surface area (Å²) in [6.45, 7) is 2.51. The lowest BCUT2D eigenvalue weighted by Gasteiger charge is -2.18. The van der Waals surface area contributed by atoms with Crippen molar-refractivity contribution in [3.05, 3.63) is 35.9 Å². The lowest BCUT2D eigenvalue weighted by molar-refractivity contribution is -0.137. The molecule has 0 bridgehead atoms. The molecule has 0 fully saturated rings. The smallest absolute Gasteiger partial charge is 0.303 e. The molecule has 1 rings (SSSR count). The van der Waals surface area contributed by atoms with Gasteiger partial charge < -0.3 is 15.2 Å². The quantitative estimate of drug-likeness (QED) is 0.679. The van der Waals surface area contributed by atoms with Crippen molar-refractivity contribution in [3.63, 3.8) is 0 Å². The zero-order chi connectivity index (χ0) is 14.8. The number of carboxylic acids is 1. The highest BCUT2D eigenvalue weighted by molar-refractivity contribution is 5.77. The normalized spacial score (nSPS) is 11.8. The fourth-order valence-electron chi connectivity index (χ4n) is 1.82. The van der Waals surface area contributed by atoms with Gasteiger partial charge in [0.1, 0.15) is 6.61 Å². The van der Waals surface area contributed by atoms with Crippen LogP contribution >= 0.6 is 0 Å². The van der Waals surface area contributed by atoms with E-state index in [1.807, 2.05) is 37.3 Å². The summed E-state index contributed by atoms with van der Waals surface area (Å²) in [6, 6.07) is 9.06. The maximum absolute atomic E-state index is 11.8. The van der Waals surface area contributed by atoms with Crippen molar-refractivity contribution in [2.45, 2.75) is 32.2 Å². The van der Waals surface area contributed by atoms with Crippen LogP contribution in [0.15, 0.2) is 30.3 Å². The van der Waals surface area contributed by atoms with Crippen molar-refractivity contribution >= 4 is 11.9 Å². The molecule has 5 nitrogen and oxygen atoms in total. The Morgan fingerprint density at radius 3 is 2.60 bits per heavy atom. The van der Waals surface area contributed by atoms with Crippen molar-refractivity contribution in [2.75, 3.05) is 13.2 Å². The summed E-state index contributed by atoms with van der Waals surface area (Å²) in [5.74, 6) is -1.10. The molecule has 110 valence electrons. The van der Waals surface area contributed by atoms with E-state index in [4.69, 9.17) is 9.84 Å². The second kappa shape index (κ2) is 9.09. The van der Waals surface area contributed by atoms with E-state index >= 15 is 0 Å². The standard InChI is InChI=1S/C15H21NO4/c1-2-10-20-11-14(17)16-13(8-9-15(18)19)12-6-4-3-5-7-12/h3-7,13H,2,8-11H2,1H3,(H,16,17)(H,18,19). The van der Waals surface area contributed by atoms with Gasteiger partial charge in [-0.15, -0.1) is 0 Å². The molecule has 0 heterocycles. The zero-order valence-corrected chi connectivity index (χ0v) is 11.7. The molecule has 1 aromatic carbocycles. The van der Waals surface area contributed by atoms with Gasteiger partial charge in [-0.2, -0.15) is 0 Å². The lowest BCUT2D eigenvalue weighted by atomic mass is 10.0. The van der Waals surface area contributed by atoms with Crippen LogP contribution in [0.2, 0.25) is 0 Å².